The van der Waals surface area contributed by atoms with E-state index in [1.165, 1.54) is 0 Å². The third kappa shape index (κ3) is 5.74. The molecular weight excluding hydrogens is 266 g/mol. The highest BCUT2D eigenvalue weighted by atomic mass is 32.2. The molecule has 2 N–H and O–H groups in total. The van der Waals surface area contributed by atoms with Crippen molar-refractivity contribution in [2.75, 3.05) is 5.75 Å². The molecule has 0 spiro atoms. The second kappa shape index (κ2) is 6.56. The summed E-state index contributed by atoms with van der Waals surface area (Å²) < 4.78 is 29.3. The molecule has 5 nitrogen and oxygen atoms in total. The third-order valence-corrected chi connectivity index (χ3v) is 3.95. The smallest absolute Gasteiger partial charge is 0.218 e. The second-order valence-electron chi connectivity index (χ2n) is 4.58. The van der Waals surface area contributed by atoms with E-state index in [9.17, 15) is 13.2 Å². The van der Waals surface area contributed by atoms with E-state index in [2.05, 4.69) is 0 Å². The molecule has 1 rings (SSSR count). The average Bonchev–Trinajstić information content (AvgIpc) is 2.28. The number of hydrogen-bond acceptors (Lipinski definition) is 4. The standard InChI is InChI=1S/C13H19NO4S/c1-10(2)18-12-6-4-3-5-11(12)9-19(16,17)8-7-13(14)15/h3-6,10H,7-9H2,1-2H3,(H2,14,15). The van der Waals surface area contributed by atoms with Gasteiger partial charge in [-0.25, -0.2) is 8.42 Å². The molecule has 0 aromatic heterocycles. The lowest BCUT2D eigenvalue weighted by molar-refractivity contribution is -0.117. The van der Waals surface area contributed by atoms with Gasteiger partial charge >= 0.3 is 0 Å². The van der Waals surface area contributed by atoms with Crippen LogP contribution in [0, 0.1) is 0 Å². The summed E-state index contributed by atoms with van der Waals surface area (Å²) in [5.74, 6) is -0.447. The topological polar surface area (TPSA) is 86.5 Å². The molecule has 0 atom stereocenters. The number of para-hydroxylation sites is 1. The monoisotopic (exact) mass is 285 g/mol. The minimum absolute atomic E-state index is 0.0329. The van der Waals surface area contributed by atoms with Gasteiger partial charge in [-0.15, -0.1) is 0 Å². The van der Waals surface area contributed by atoms with Crippen molar-refractivity contribution in [2.24, 2.45) is 5.73 Å². The van der Waals surface area contributed by atoms with E-state index in [1.807, 2.05) is 13.8 Å². The van der Waals surface area contributed by atoms with Crippen LogP contribution in [-0.4, -0.2) is 26.2 Å². The van der Waals surface area contributed by atoms with Crippen LogP contribution in [0.1, 0.15) is 25.8 Å². The molecule has 1 amide bonds. The van der Waals surface area contributed by atoms with Crippen LogP contribution in [0.25, 0.3) is 0 Å². The zero-order chi connectivity index (χ0) is 14.5. The molecule has 0 radical (unpaired) electrons. The van der Waals surface area contributed by atoms with Crippen LogP contribution in [0.2, 0.25) is 0 Å². The van der Waals surface area contributed by atoms with Crippen molar-refractivity contribution in [3.63, 3.8) is 0 Å². The van der Waals surface area contributed by atoms with Gasteiger partial charge in [0.1, 0.15) is 5.75 Å². The number of nitrogens with two attached hydrogens (primary N) is 1. The normalized spacial score (nSPS) is 11.5. The number of ether oxygens (including phenoxy) is 1. The van der Waals surface area contributed by atoms with Gasteiger partial charge in [-0.3, -0.25) is 4.79 Å². The van der Waals surface area contributed by atoms with E-state index in [0.29, 0.717) is 11.3 Å². The first kappa shape index (κ1) is 15.5. The molecule has 0 aliphatic rings. The molecule has 0 aliphatic carbocycles. The van der Waals surface area contributed by atoms with Crippen molar-refractivity contribution in [1.82, 2.24) is 0 Å². The Morgan fingerprint density at radius 3 is 2.53 bits per heavy atom. The van der Waals surface area contributed by atoms with Crippen LogP contribution in [-0.2, 0) is 20.4 Å². The van der Waals surface area contributed by atoms with Gasteiger partial charge in [0.05, 0.1) is 17.6 Å². The fourth-order valence-corrected chi connectivity index (χ4v) is 2.93. The maximum Gasteiger partial charge on any atom is 0.218 e. The number of carbonyl (C=O) groups is 1. The van der Waals surface area contributed by atoms with Crippen molar-refractivity contribution < 1.29 is 17.9 Å². The van der Waals surface area contributed by atoms with Crippen LogP contribution in [0.4, 0.5) is 0 Å². The summed E-state index contributed by atoms with van der Waals surface area (Å²) in [6, 6.07) is 6.99. The van der Waals surface area contributed by atoms with Gasteiger partial charge in [-0.2, -0.15) is 0 Å². The molecule has 106 valence electrons. The molecule has 19 heavy (non-hydrogen) atoms. The van der Waals surface area contributed by atoms with Gasteiger partial charge in [0.15, 0.2) is 9.84 Å². The summed E-state index contributed by atoms with van der Waals surface area (Å²) in [5.41, 5.74) is 5.56. The number of primary amides is 1. The van der Waals surface area contributed by atoms with Gasteiger partial charge in [-0.1, -0.05) is 18.2 Å². The van der Waals surface area contributed by atoms with Crippen LogP contribution < -0.4 is 10.5 Å². The van der Waals surface area contributed by atoms with Crippen molar-refractivity contribution in [3.8, 4) is 5.75 Å². The number of amides is 1. The average molecular weight is 285 g/mol. The fraction of sp³-hybridized carbons (Fsp3) is 0.462. The maximum atomic E-state index is 11.9. The van der Waals surface area contributed by atoms with Gasteiger partial charge < -0.3 is 10.5 Å². The van der Waals surface area contributed by atoms with Crippen LogP contribution in [0.5, 0.6) is 5.75 Å². The molecule has 0 saturated carbocycles. The SMILES string of the molecule is CC(C)Oc1ccccc1CS(=O)(=O)CCC(N)=O. The highest BCUT2D eigenvalue weighted by molar-refractivity contribution is 7.90. The Morgan fingerprint density at radius 1 is 1.32 bits per heavy atom. The summed E-state index contributed by atoms with van der Waals surface area (Å²) in [4.78, 5) is 10.6. The molecule has 0 aliphatic heterocycles. The quantitative estimate of drug-likeness (QED) is 0.817. The summed E-state index contributed by atoms with van der Waals surface area (Å²) in [6.07, 6.45) is -0.190. The minimum atomic E-state index is -3.37. The lowest BCUT2D eigenvalue weighted by Crippen LogP contribution is -2.18. The first-order valence-corrected chi connectivity index (χ1v) is 7.85. The summed E-state index contributed by atoms with van der Waals surface area (Å²) >= 11 is 0. The number of hydrogen-bond donors (Lipinski definition) is 1. The third-order valence-electron chi connectivity index (χ3n) is 2.37. The van der Waals surface area contributed by atoms with Gasteiger partial charge in [0.25, 0.3) is 0 Å². The molecule has 0 saturated heterocycles. The Bertz CT molecular complexity index is 537. The fourth-order valence-electron chi connectivity index (χ4n) is 1.56. The lowest BCUT2D eigenvalue weighted by Gasteiger charge is -2.14. The number of benzene rings is 1. The van der Waals surface area contributed by atoms with Gasteiger partial charge in [0.2, 0.25) is 5.91 Å². The maximum absolute atomic E-state index is 11.9. The molecule has 1 aromatic carbocycles. The second-order valence-corrected chi connectivity index (χ2v) is 6.77. The summed E-state index contributed by atoms with van der Waals surface area (Å²) in [5, 5.41) is 0. The van der Waals surface area contributed by atoms with Gasteiger partial charge in [0, 0.05) is 12.0 Å². The number of rotatable bonds is 7. The summed E-state index contributed by atoms with van der Waals surface area (Å²) in [7, 11) is -3.37. The van der Waals surface area contributed by atoms with Crippen molar-refractivity contribution in [2.45, 2.75) is 32.1 Å². The van der Waals surface area contributed by atoms with Crippen LogP contribution in [0.15, 0.2) is 24.3 Å². The Kier molecular flexibility index (Phi) is 5.35. The van der Waals surface area contributed by atoms with Crippen molar-refractivity contribution in [1.29, 1.82) is 0 Å². The molecule has 0 fully saturated rings. The van der Waals surface area contributed by atoms with E-state index in [4.69, 9.17) is 10.5 Å². The Balaban J connectivity index is 2.83. The zero-order valence-corrected chi connectivity index (χ0v) is 11.9. The predicted molar refractivity (Wildman–Crippen MR) is 73.5 cm³/mol. The highest BCUT2D eigenvalue weighted by Gasteiger charge is 2.16. The Labute approximate surface area is 113 Å². The molecular formula is C13H19NO4S. The van der Waals surface area contributed by atoms with E-state index in [-0.39, 0.29) is 24.0 Å². The first-order valence-electron chi connectivity index (χ1n) is 6.03. The van der Waals surface area contributed by atoms with E-state index in [0.717, 1.165) is 0 Å². The summed E-state index contributed by atoms with van der Waals surface area (Å²) in [6.45, 7) is 3.75. The van der Waals surface area contributed by atoms with E-state index < -0.39 is 15.7 Å². The van der Waals surface area contributed by atoms with Crippen LogP contribution in [0.3, 0.4) is 0 Å². The molecule has 0 unspecified atom stereocenters. The first-order chi connectivity index (χ1) is 8.80. The molecule has 0 bridgehead atoms. The van der Waals surface area contributed by atoms with E-state index >= 15 is 0 Å². The Hall–Kier alpha value is -1.56. The van der Waals surface area contributed by atoms with Crippen molar-refractivity contribution in [3.05, 3.63) is 29.8 Å². The lowest BCUT2D eigenvalue weighted by atomic mass is 10.2. The largest absolute Gasteiger partial charge is 0.491 e. The van der Waals surface area contributed by atoms with E-state index in [1.54, 1.807) is 24.3 Å². The zero-order valence-electron chi connectivity index (χ0n) is 11.1. The van der Waals surface area contributed by atoms with Crippen LogP contribution >= 0.6 is 0 Å². The predicted octanol–water partition coefficient (Wildman–Crippen LogP) is 1.26. The molecule has 6 heteroatoms. The molecule has 0 heterocycles. The highest BCUT2D eigenvalue weighted by Crippen LogP contribution is 2.22. The molecule has 1 aromatic rings. The van der Waals surface area contributed by atoms with Gasteiger partial charge in [-0.05, 0) is 19.9 Å². The minimum Gasteiger partial charge on any atom is -0.491 e. The number of carbonyl (C=O) groups excluding carboxylic acids is 1. The number of sulfone groups is 1. The Morgan fingerprint density at radius 2 is 1.95 bits per heavy atom. The van der Waals surface area contributed by atoms with Crippen molar-refractivity contribution >= 4 is 15.7 Å².